The largest absolute Gasteiger partial charge is 0.507 e. The van der Waals surface area contributed by atoms with E-state index in [2.05, 4.69) is 17.5 Å². The Labute approximate surface area is 129 Å². The second-order valence-corrected chi connectivity index (χ2v) is 6.00. The maximum atomic E-state index is 12.4. The molecule has 1 fully saturated rings. The molecule has 0 spiro atoms. The summed E-state index contributed by atoms with van der Waals surface area (Å²) in [6, 6.07) is 10.9. The first-order valence-electron chi connectivity index (χ1n) is 7.71. The molecule has 2 aromatic carbocycles. The van der Waals surface area contributed by atoms with E-state index < -0.39 is 0 Å². The van der Waals surface area contributed by atoms with Crippen LogP contribution in [0.4, 0.5) is 0 Å². The molecule has 3 rings (SSSR count). The van der Waals surface area contributed by atoms with Gasteiger partial charge >= 0.3 is 0 Å². The smallest absolute Gasteiger partial charge is 0.275 e. The zero-order chi connectivity index (χ0) is 15.5. The number of carbonyl (C=O) groups excluding carboxylic acids is 1. The van der Waals surface area contributed by atoms with Crippen molar-refractivity contribution in [2.45, 2.75) is 32.6 Å². The van der Waals surface area contributed by atoms with Gasteiger partial charge in [-0.1, -0.05) is 37.3 Å². The predicted molar refractivity (Wildman–Crippen MR) is 88.1 cm³/mol. The van der Waals surface area contributed by atoms with Gasteiger partial charge < -0.3 is 5.11 Å². The number of hydrazone groups is 1. The molecule has 0 radical (unpaired) electrons. The Morgan fingerprint density at radius 3 is 2.91 bits per heavy atom. The predicted octanol–water partition coefficient (Wildman–Crippen LogP) is 3.84. The van der Waals surface area contributed by atoms with Gasteiger partial charge in [0.1, 0.15) is 5.75 Å². The third-order valence-electron chi connectivity index (χ3n) is 4.20. The molecule has 22 heavy (non-hydrogen) atoms. The Morgan fingerprint density at radius 1 is 1.27 bits per heavy atom. The van der Waals surface area contributed by atoms with Crippen molar-refractivity contribution in [2.24, 2.45) is 11.0 Å². The number of benzene rings is 2. The van der Waals surface area contributed by atoms with Crippen LogP contribution in [0.15, 0.2) is 41.5 Å². The number of nitrogens with one attached hydrogen (secondary N) is 1. The van der Waals surface area contributed by atoms with Crippen LogP contribution in [-0.4, -0.2) is 16.7 Å². The number of phenolic OH excluding ortho intramolecular Hbond substituents is 1. The summed E-state index contributed by atoms with van der Waals surface area (Å²) in [6.07, 6.45) is 4.21. The number of rotatable bonds is 2. The minimum atomic E-state index is -0.361. The van der Waals surface area contributed by atoms with E-state index in [1.54, 1.807) is 12.1 Å². The van der Waals surface area contributed by atoms with E-state index in [1.807, 2.05) is 24.3 Å². The van der Waals surface area contributed by atoms with E-state index in [9.17, 15) is 9.90 Å². The number of hydrogen-bond donors (Lipinski definition) is 2. The fourth-order valence-corrected chi connectivity index (χ4v) is 3.05. The van der Waals surface area contributed by atoms with Gasteiger partial charge in [-0.25, -0.2) is 5.43 Å². The summed E-state index contributed by atoms with van der Waals surface area (Å²) in [6.45, 7) is 2.20. The lowest BCUT2D eigenvalue weighted by molar-refractivity contribution is 0.0953. The van der Waals surface area contributed by atoms with Gasteiger partial charge in [-0.2, -0.15) is 5.10 Å². The highest BCUT2D eigenvalue weighted by atomic mass is 16.3. The van der Waals surface area contributed by atoms with Gasteiger partial charge in [-0.3, -0.25) is 4.79 Å². The first kappa shape index (κ1) is 14.6. The zero-order valence-corrected chi connectivity index (χ0v) is 12.7. The molecule has 1 saturated carbocycles. The molecular weight excluding hydrogens is 276 g/mol. The number of hydrogen-bond acceptors (Lipinski definition) is 3. The van der Waals surface area contributed by atoms with Gasteiger partial charge in [-0.05, 0) is 48.4 Å². The molecule has 0 aromatic heterocycles. The van der Waals surface area contributed by atoms with E-state index in [1.165, 1.54) is 6.42 Å². The minimum absolute atomic E-state index is 0.0200. The van der Waals surface area contributed by atoms with Gasteiger partial charge in [0.25, 0.3) is 5.91 Å². The van der Waals surface area contributed by atoms with Gasteiger partial charge in [0.15, 0.2) is 0 Å². The monoisotopic (exact) mass is 296 g/mol. The summed E-state index contributed by atoms with van der Waals surface area (Å²) >= 11 is 0. The molecule has 1 atom stereocenters. The van der Waals surface area contributed by atoms with Crippen LogP contribution in [0.1, 0.15) is 43.0 Å². The molecule has 1 amide bonds. The highest BCUT2D eigenvalue weighted by Crippen LogP contribution is 2.27. The Balaban J connectivity index is 1.86. The lowest BCUT2D eigenvalue weighted by Crippen LogP contribution is -2.22. The van der Waals surface area contributed by atoms with Crippen molar-refractivity contribution in [1.29, 1.82) is 0 Å². The number of amides is 1. The molecule has 114 valence electrons. The third kappa shape index (κ3) is 2.96. The molecule has 0 aliphatic heterocycles. The van der Waals surface area contributed by atoms with Crippen LogP contribution in [0.5, 0.6) is 5.75 Å². The molecule has 4 heteroatoms. The van der Waals surface area contributed by atoms with Crippen molar-refractivity contribution in [3.05, 3.63) is 42.0 Å². The van der Waals surface area contributed by atoms with Crippen LogP contribution in [0.25, 0.3) is 10.8 Å². The summed E-state index contributed by atoms with van der Waals surface area (Å²) in [5.74, 6) is 0.240. The number of aromatic hydroxyl groups is 1. The van der Waals surface area contributed by atoms with Crippen LogP contribution in [0.3, 0.4) is 0 Å². The van der Waals surface area contributed by atoms with Crippen LogP contribution in [-0.2, 0) is 0 Å². The second kappa shape index (κ2) is 6.18. The van der Waals surface area contributed by atoms with Crippen molar-refractivity contribution < 1.29 is 9.90 Å². The van der Waals surface area contributed by atoms with E-state index >= 15 is 0 Å². The highest BCUT2D eigenvalue weighted by Gasteiger charge is 2.17. The Kier molecular flexibility index (Phi) is 4.09. The van der Waals surface area contributed by atoms with E-state index in [-0.39, 0.29) is 17.2 Å². The number of phenols is 1. The summed E-state index contributed by atoms with van der Waals surface area (Å²) < 4.78 is 0. The standard InChI is InChI=1S/C18H20N2O2/c1-12-5-4-7-14(11-12)19-20-18(22)17-15-8-3-2-6-13(15)9-10-16(17)21/h2-3,6,8-10,12,21H,4-5,7,11H2,1H3,(H,20,22)/b19-14+/t12-/m0/s1. The third-order valence-corrected chi connectivity index (χ3v) is 4.20. The van der Waals surface area contributed by atoms with Crippen molar-refractivity contribution in [2.75, 3.05) is 0 Å². The Morgan fingerprint density at radius 2 is 2.09 bits per heavy atom. The SMILES string of the molecule is C[C@H]1CCC/C(=N\NC(=O)c2c(O)ccc3ccccc23)C1. The Hall–Kier alpha value is -2.36. The molecule has 4 nitrogen and oxygen atoms in total. The normalized spacial score (nSPS) is 20.2. The average molecular weight is 296 g/mol. The number of fused-ring (bicyclic) bond motifs is 1. The fraction of sp³-hybridized carbons (Fsp3) is 0.333. The fourth-order valence-electron chi connectivity index (χ4n) is 3.05. The molecular formula is C18H20N2O2. The van der Waals surface area contributed by atoms with Gasteiger partial charge in [0, 0.05) is 5.71 Å². The maximum Gasteiger partial charge on any atom is 0.275 e. The molecule has 0 unspecified atom stereocenters. The minimum Gasteiger partial charge on any atom is -0.507 e. The second-order valence-electron chi connectivity index (χ2n) is 6.00. The summed E-state index contributed by atoms with van der Waals surface area (Å²) in [5, 5.41) is 16.0. The number of nitrogens with zero attached hydrogens (tertiary/aromatic N) is 1. The van der Waals surface area contributed by atoms with Crippen LogP contribution >= 0.6 is 0 Å². The zero-order valence-electron chi connectivity index (χ0n) is 12.7. The van der Waals surface area contributed by atoms with Crippen LogP contribution in [0.2, 0.25) is 0 Å². The topological polar surface area (TPSA) is 61.7 Å². The first-order valence-corrected chi connectivity index (χ1v) is 7.71. The summed E-state index contributed by atoms with van der Waals surface area (Å²) in [7, 11) is 0. The molecule has 2 aromatic rings. The quantitative estimate of drug-likeness (QED) is 0.827. The molecule has 0 saturated heterocycles. The van der Waals surface area contributed by atoms with E-state index in [0.717, 1.165) is 35.7 Å². The Bertz CT molecular complexity index is 737. The first-order chi connectivity index (χ1) is 10.6. The summed E-state index contributed by atoms with van der Waals surface area (Å²) in [5.41, 5.74) is 3.93. The van der Waals surface area contributed by atoms with Crippen molar-refractivity contribution in [1.82, 2.24) is 5.43 Å². The lowest BCUT2D eigenvalue weighted by atomic mass is 9.89. The number of carbonyl (C=O) groups is 1. The van der Waals surface area contributed by atoms with Crippen molar-refractivity contribution in [3.63, 3.8) is 0 Å². The van der Waals surface area contributed by atoms with Crippen LogP contribution in [0, 0.1) is 5.92 Å². The highest BCUT2D eigenvalue weighted by molar-refractivity contribution is 6.09. The average Bonchev–Trinajstić information content (AvgIpc) is 2.52. The van der Waals surface area contributed by atoms with Crippen molar-refractivity contribution in [3.8, 4) is 5.75 Å². The maximum absolute atomic E-state index is 12.4. The lowest BCUT2D eigenvalue weighted by Gasteiger charge is -2.19. The molecule has 2 N–H and O–H groups in total. The van der Waals surface area contributed by atoms with Gasteiger partial charge in [-0.15, -0.1) is 0 Å². The van der Waals surface area contributed by atoms with Crippen molar-refractivity contribution >= 4 is 22.4 Å². The van der Waals surface area contributed by atoms with E-state index in [4.69, 9.17) is 0 Å². The van der Waals surface area contributed by atoms with Gasteiger partial charge in [0.2, 0.25) is 0 Å². The van der Waals surface area contributed by atoms with Gasteiger partial charge in [0.05, 0.1) is 5.56 Å². The molecule has 1 aliphatic carbocycles. The molecule has 0 heterocycles. The summed E-state index contributed by atoms with van der Waals surface area (Å²) in [4.78, 5) is 12.4. The molecule has 0 bridgehead atoms. The molecule has 1 aliphatic rings. The van der Waals surface area contributed by atoms with E-state index in [0.29, 0.717) is 5.92 Å². The van der Waals surface area contributed by atoms with Crippen LogP contribution < -0.4 is 5.43 Å².